The Bertz CT molecular complexity index is 796. The van der Waals surface area contributed by atoms with E-state index in [0.29, 0.717) is 22.7 Å². The fourth-order valence-electron chi connectivity index (χ4n) is 2.09. The van der Waals surface area contributed by atoms with Gasteiger partial charge in [0, 0.05) is 11.3 Å². The highest BCUT2D eigenvalue weighted by Gasteiger charge is 2.16. The van der Waals surface area contributed by atoms with E-state index in [0.717, 1.165) is 5.56 Å². The van der Waals surface area contributed by atoms with Gasteiger partial charge in [0.2, 0.25) is 5.82 Å². The van der Waals surface area contributed by atoms with Gasteiger partial charge in [-0.2, -0.15) is 4.98 Å². The standard InChI is InChI=1S/C15H11ClFN3O/c1-8-3-2-4-12(18)13(8)15-19-14(20-21-15)10-6-5-9(17)7-11(10)16/h2-7H,18H2,1H3. The van der Waals surface area contributed by atoms with E-state index in [1.165, 1.54) is 18.2 Å². The van der Waals surface area contributed by atoms with Crippen LogP contribution in [-0.2, 0) is 0 Å². The Labute approximate surface area is 125 Å². The molecule has 4 nitrogen and oxygen atoms in total. The molecular weight excluding hydrogens is 293 g/mol. The molecule has 21 heavy (non-hydrogen) atoms. The maximum atomic E-state index is 13.1. The van der Waals surface area contributed by atoms with Gasteiger partial charge in [-0.05, 0) is 36.8 Å². The SMILES string of the molecule is Cc1cccc(N)c1-c1nc(-c2ccc(F)cc2Cl)no1. The van der Waals surface area contributed by atoms with Crippen LogP contribution in [0.5, 0.6) is 0 Å². The van der Waals surface area contributed by atoms with Crippen molar-refractivity contribution in [3.05, 3.63) is 52.8 Å². The molecule has 0 fully saturated rings. The summed E-state index contributed by atoms with van der Waals surface area (Å²) in [5, 5.41) is 4.11. The van der Waals surface area contributed by atoms with Crippen LogP contribution in [0.2, 0.25) is 5.02 Å². The lowest BCUT2D eigenvalue weighted by atomic mass is 10.1. The Morgan fingerprint density at radius 2 is 2.05 bits per heavy atom. The highest BCUT2D eigenvalue weighted by atomic mass is 35.5. The van der Waals surface area contributed by atoms with Crippen molar-refractivity contribution in [2.75, 3.05) is 5.73 Å². The third kappa shape index (κ3) is 2.48. The number of aromatic nitrogens is 2. The summed E-state index contributed by atoms with van der Waals surface area (Å²) in [5.74, 6) is 0.175. The van der Waals surface area contributed by atoms with Crippen molar-refractivity contribution in [1.29, 1.82) is 0 Å². The van der Waals surface area contributed by atoms with Crippen LogP contribution in [-0.4, -0.2) is 10.1 Å². The van der Waals surface area contributed by atoms with Gasteiger partial charge in [-0.1, -0.05) is 28.9 Å². The molecule has 1 heterocycles. The van der Waals surface area contributed by atoms with Crippen molar-refractivity contribution in [2.24, 2.45) is 0 Å². The Balaban J connectivity index is 2.08. The summed E-state index contributed by atoms with van der Waals surface area (Å²) in [4.78, 5) is 4.30. The summed E-state index contributed by atoms with van der Waals surface area (Å²) >= 11 is 6.00. The largest absolute Gasteiger partial charge is 0.398 e. The van der Waals surface area contributed by atoms with Crippen LogP contribution in [0.1, 0.15) is 5.56 Å². The first-order chi connectivity index (χ1) is 10.1. The zero-order valence-corrected chi connectivity index (χ0v) is 11.9. The second kappa shape index (κ2) is 5.18. The molecule has 3 rings (SSSR count). The third-order valence-corrected chi connectivity index (χ3v) is 3.43. The van der Waals surface area contributed by atoms with E-state index in [2.05, 4.69) is 10.1 Å². The van der Waals surface area contributed by atoms with Crippen molar-refractivity contribution >= 4 is 17.3 Å². The van der Waals surface area contributed by atoms with Gasteiger partial charge >= 0.3 is 0 Å². The van der Waals surface area contributed by atoms with Gasteiger partial charge in [0.25, 0.3) is 5.89 Å². The predicted molar refractivity (Wildman–Crippen MR) is 79.3 cm³/mol. The van der Waals surface area contributed by atoms with E-state index >= 15 is 0 Å². The van der Waals surface area contributed by atoms with Gasteiger partial charge in [-0.25, -0.2) is 4.39 Å². The molecule has 0 aliphatic heterocycles. The van der Waals surface area contributed by atoms with Gasteiger partial charge < -0.3 is 10.3 Å². The molecule has 3 aromatic rings. The van der Waals surface area contributed by atoms with E-state index in [1.54, 1.807) is 6.07 Å². The lowest BCUT2D eigenvalue weighted by Crippen LogP contribution is -1.93. The molecule has 1 aromatic heterocycles. The van der Waals surface area contributed by atoms with Crippen LogP contribution in [0.25, 0.3) is 22.8 Å². The van der Waals surface area contributed by atoms with Crippen molar-refractivity contribution in [2.45, 2.75) is 6.92 Å². The quantitative estimate of drug-likeness (QED) is 0.724. The number of benzene rings is 2. The summed E-state index contributed by atoms with van der Waals surface area (Å²) in [6.45, 7) is 1.90. The highest BCUT2D eigenvalue weighted by Crippen LogP contribution is 2.31. The molecule has 0 spiro atoms. The van der Waals surface area contributed by atoms with Crippen molar-refractivity contribution < 1.29 is 8.91 Å². The molecule has 0 radical (unpaired) electrons. The summed E-state index contributed by atoms with van der Waals surface area (Å²) in [6.07, 6.45) is 0. The van der Waals surface area contributed by atoms with Crippen LogP contribution < -0.4 is 5.73 Å². The smallest absolute Gasteiger partial charge is 0.260 e. The van der Waals surface area contributed by atoms with Crippen LogP contribution in [0, 0.1) is 12.7 Å². The number of aryl methyl sites for hydroxylation is 1. The van der Waals surface area contributed by atoms with Gasteiger partial charge in [-0.15, -0.1) is 0 Å². The van der Waals surface area contributed by atoms with E-state index in [9.17, 15) is 4.39 Å². The van der Waals surface area contributed by atoms with E-state index in [-0.39, 0.29) is 10.8 Å². The average molecular weight is 304 g/mol. The molecule has 0 atom stereocenters. The first-order valence-corrected chi connectivity index (χ1v) is 6.58. The lowest BCUT2D eigenvalue weighted by Gasteiger charge is -2.03. The number of hydrogen-bond donors (Lipinski definition) is 1. The number of nitrogens with zero attached hydrogens (tertiary/aromatic N) is 2. The fourth-order valence-corrected chi connectivity index (χ4v) is 2.34. The molecule has 0 saturated carbocycles. The molecule has 6 heteroatoms. The summed E-state index contributed by atoms with van der Waals surface area (Å²) < 4.78 is 18.3. The molecule has 2 N–H and O–H groups in total. The van der Waals surface area contributed by atoms with E-state index in [4.69, 9.17) is 21.9 Å². The Hall–Kier alpha value is -2.40. The normalized spacial score (nSPS) is 10.8. The van der Waals surface area contributed by atoms with Crippen molar-refractivity contribution in [1.82, 2.24) is 10.1 Å². The van der Waals surface area contributed by atoms with E-state index in [1.807, 2.05) is 19.1 Å². The number of rotatable bonds is 2. The molecule has 0 unspecified atom stereocenters. The monoisotopic (exact) mass is 303 g/mol. The zero-order valence-electron chi connectivity index (χ0n) is 11.1. The summed E-state index contributed by atoms with van der Waals surface area (Å²) in [7, 11) is 0. The highest BCUT2D eigenvalue weighted by molar-refractivity contribution is 6.33. The van der Waals surface area contributed by atoms with Crippen LogP contribution >= 0.6 is 11.6 Å². The zero-order chi connectivity index (χ0) is 15.0. The minimum Gasteiger partial charge on any atom is -0.398 e. The molecule has 0 saturated heterocycles. The number of nitrogen functional groups attached to an aromatic ring is 1. The molecule has 106 valence electrons. The summed E-state index contributed by atoms with van der Waals surface area (Å²) in [6, 6.07) is 9.52. The van der Waals surface area contributed by atoms with Crippen LogP contribution in [0.4, 0.5) is 10.1 Å². The van der Waals surface area contributed by atoms with E-state index < -0.39 is 5.82 Å². The molecule has 2 aromatic carbocycles. The Morgan fingerprint density at radius 1 is 1.24 bits per heavy atom. The topological polar surface area (TPSA) is 64.9 Å². The Morgan fingerprint density at radius 3 is 2.76 bits per heavy atom. The van der Waals surface area contributed by atoms with Crippen molar-refractivity contribution in [3.8, 4) is 22.8 Å². The first-order valence-electron chi connectivity index (χ1n) is 6.21. The molecule has 0 aliphatic rings. The molecule has 0 amide bonds. The maximum absolute atomic E-state index is 13.1. The molecule has 0 bridgehead atoms. The lowest BCUT2D eigenvalue weighted by molar-refractivity contribution is 0.432. The minimum atomic E-state index is -0.421. The van der Waals surface area contributed by atoms with Crippen molar-refractivity contribution in [3.63, 3.8) is 0 Å². The second-order valence-corrected chi connectivity index (χ2v) is 4.99. The second-order valence-electron chi connectivity index (χ2n) is 4.59. The minimum absolute atomic E-state index is 0.222. The van der Waals surface area contributed by atoms with Crippen LogP contribution in [0.3, 0.4) is 0 Å². The van der Waals surface area contributed by atoms with Gasteiger partial charge in [0.15, 0.2) is 0 Å². The van der Waals surface area contributed by atoms with Gasteiger partial charge in [0.05, 0.1) is 10.6 Å². The molecular formula is C15H11ClFN3O. The van der Waals surface area contributed by atoms with Gasteiger partial charge in [-0.3, -0.25) is 0 Å². The first kappa shape index (κ1) is 13.6. The number of halogens is 2. The molecule has 0 aliphatic carbocycles. The maximum Gasteiger partial charge on any atom is 0.260 e. The number of nitrogens with two attached hydrogens (primary N) is 1. The average Bonchev–Trinajstić information content (AvgIpc) is 2.87. The van der Waals surface area contributed by atoms with Crippen LogP contribution in [0.15, 0.2) is 40.9 Å². The Kier molecular flexibility index (Phi) is 3.35. The fraction of sp³-hybridized carbons (Fsp3) is 0.0667. The summed E-state index contributed by atoms with van der Waals surface area (Å²) in [5.41, 5.74) is 8.61. The number of anilines is 1. The van der Waals surface area contributed by atoms with Gasteiger partial charge in [0.1, 0.15) is 5.82 Å². The number of hydrogen-bond acceptors (Lipinski definition) is 4. The third-order valence-electron chi connectivity index (χ3n) is 3.12. The predicted octanol–water partition coefficient (Wildman–Crippen LogP) is 4.09.